The highest BCUT2D eigenvalue weighted by Gasteiger charge is 2.25. The molecule has 0 aromatic rings. The molecule has 4 nitrogen and oxygen atoms in total. The Kier molecular flexibility index (Phi) is 5.03. The second-order valence-corrected chi connectivity index (χ2v) is 6.89. The highest BCUT2D eigenvalue weighted by atomic mass is 32.1. The van der Waals surface area contributed by atoms with E-state index in [9.17, 15) is 5.11 Å². The van der Waals surface area contributed by atoms with Crippen LogP contribution < -0.4 is 5.32 Å². The molecule has 0 spiro atoms. The highest BCUT2D eigenvalue weighted by molar-refractivity contribution is 7.80. The van der Waals surface area contributed by atoms with Crippen molar-refractivity contribution in [3.05, 3.63) is 0 Å². The van der Waals surface area contributed by atoms with Crippen molar-refractivity contribution in [2.45, 2.75) is 51.2 Å². The third kappa shape index (κ3) is 4.89. The minimum atomic E-state index is -0.606. The lowest BCUT2D eigenvalue weighted by Gasteiger charge is -2.38. The van der Waals surface area contributed by atoms with Crippen LogP contribution in [0.5, 0.6) is 0 Å². The van der Waals surface area contributed by atoms with Gasteiger partial charge in [0.05, 0.1) is 5.60 Å². The van der Waals surface area contributed by atoms with Gasteiger partial charge in [0.2, 0.25) is 0 Å². The summed E-state index contributed by atoms with van der Waals surface area (Å²) in [6.45, 7) is 8.37. The van der Waals surface area contributed by atoms with Crippen molar-refractivity contribution in [2.75, 3.05) is 32.7 Å². The Bertz CT molecular complexity index is 302. The molecule has 1 heterocycles. The van der Waals surface area contributed by atoms with E-state index in [4.69, 9.17) is 12.2 Å². The van der Waals surface area contributed by atoms with Crippen molar-refractivity contribution in [2.24, 2.45) is 0 Å². The van der Waals surface area contributed by atoms with E-state index >= 15 is 0 Å². The molecule has 1 aliphatic carbocycles. The van der Waals surface area contributed by atoms with Crippen LogP contribution in [0.1, 0.15) is 39.5 Å². The smallest absolute Gasteiger partial charge is 0.169 e. The van der Waals surface area contributed by atoms with Gasteiger partial charge in [-0.1, -0.05) is 12.8 Å². The maximum Gasteiger partial charge on any atom is 0.169 e. The predicted octanol–water partition coefficient (Wildman–Crippen LogP) is 1.19. The SMILES string of the molecule is CC(C)(O)CN1CCN(C(=S)NC2CCCC2)CC1. The summed E-state index contributed by atoms with van der Waals surface area (Å²) >= 11 is 5.51. The Hall–Kier alpha value is -0.390. The number of β-amino-alcohol motifs (C(OH)–C–C–N with tert-alkyl or cyclic N) is 1. The van der Waals surface area contributed by atoms with Crippen LogP contribution in [-0.2, 0) is 0 Å². The fourth-order valence-corrected chi connectivity index (χ4v) is 3.34. The lowest BCUT2D eigenvalue weighted by atomic mass is 10.1. The minimum Gasteiger partial charge on any atom is -0.389 e. The molecule has 1 saturated carbocycles. The number of hydrogen-bond donors (Lipinski definition) is 2. The van der Waals surface area contributed by atoms with Crippen molar-refractivity contribution in [3.8, 4) is 0 Å². The van der Waals surface area contributed by atoms with E-state index in [0.717, 1.165) is 37.8 Å². The van der Waals surface area contributed by atoms with Crippen molar-refractivity contribution >= 4 is 17.3 Å². The van der Waals surface area contributed by atoms with Crippen LogP contribution in [0.2, 0.25) is 0 Å². The molecule has 5 heteroatoms. The highest BCUT2D eigenvalue weighted by Crippen LogP contribution is 2.18. The van der Waals surface area contributed by atoms with E-state index in [-0.39, 0.29) is 0 Å². The fourth-order valence-electron chi connectivity index (χ4n) is 2.99. The van der Waals surface area contributed by atoms with Gasteiger partial charge in [-0.2, -0.15) is 0 Å². The second kappa shape index (κ2) is 6.37. The molecule has 0 aromatic heterocycles. The van der Waals surface area contributed by atoms with Gasteiger partial charge in [-0.25, -0.2) is 0 Å². The van der Waals surface area contributed by atoms with E-state index in [1.54, 1.807) is 0 Å². The third-order valence-corrected chi connectivity index (χ3v) is 4.33. The fraction of sp³-hybridized carbons (Fsp3) is 0.929. The second-order valence-electron chi connectivity index (χ2n) is 6.51. The topological polar surface area (TPSA) is 38.7 Å². The van der Waals surface area contributed by atoms with Gasteiger partial charge >= 0.3 is 0 Å². The molecule has 0 atom stereocenters. The molecule has 110 valence electrons. The predicted molar refractivity (Wildman–Crippen MR) is 82.3 cm³/mol. The van der Waals surface area contributed by atoms with Crippen LogP contribution >= 0.6 is 12.2 Å². The molecule has 0 aromatic carbocycles. The lowest BCUT2D eigenvalue weighted by molar-refractivity contribution is 0.0250. The van der Waals surface area contributed by atoms with Gasteiger partial charge in [-0.05, 0) is 38.9 Å². The molecule has 2 rings (SSSR count). The van der Waals surface area contributed by atoms with E-state index in [2.05, 4.69) is 15.1 Å². The Morgan fingerprint density at radius 1 is 1.21 bits per heavy atom. The third-order valence-electron chi connectivity index (χ3n) is 3.95. The Balaban J connectivity index is 1.71. The van der Waals surface area contributed by atoms with Crippen LogP contribution in [0.25, 0.3) is 0 Å². The van der Waals surface area contributed by atoms with Gasteiger partial charge in [-0.15, -0.1) is 0 Å². The number of hydrogen-bond acceptors (Lipinski definition) is 3. The summed E-state index contributed by atoms with van der Waals surface area (Å²) < 4.78 is 0. The maximum absolute atomic E-state index is 9.84. The Labute approximate surface area is 122 Å². The number of thiocarbonyl (C=S) groups is 1. The monoisotopic (exact) mass is 285 g/mol. The summed E-state index contributed by atoms with van der Waals surface area (Å²) in [7, 11) is 0. The van der Waals surface area contributed by atoms with E-state index < -0.39 is 5.60 Å². The normalized spacial score (nSPS) is 22.8. The standard InChI is InChI=1S/C14H27N3OS/c1-14(2,18)11-16-7-9-17(10-8-16)13(19)15-12-5-3-4-6-12/h12,18H,3-11H2,1-2H3,(H,15,19). The number of nitrogens with one attached hydrogen (secondary N) is 1. The molecule has 2 aliphatic rings. The van der Waals surface area contributed by atoms with Crippen molar-refractivity contribution in [1.82, 2.24) is 15.1 Å². The van der Waals surface area contributed by atoms with Crippen LogP contribution in [0.3, 0.4) is 0 Å². The molecule has 0 unspecified atom stereocenters. The first-order valence-electron chi connectivity index (χ1n) is 7.44. The zero-order chi connectivity index (χ0) is 13.9. The summed E-state index contributed by atoms with van der Waals surface area (Å²) in [6.07, 6.45) is 5.19. The average molecular weight is 285 g/mol. The molecule has 2 N–H and O–H groups in total. The average Bonchev–Trinajstić information content (AvgIpc) is 2.80. The quantitative estimate of drug-likeness (QED) is 0.762. The Morgan fingerprint density at radius 2 is 1.79 bits per heavy atom. The number of piperazine rings is 1. The van der Waals surface area contributed by atoms with Crippen molar-refractivity contribution < 1.29 is 5.11 Å². The van der Waals surface area contributed by atoms with Gasteiger partial charge in [0.15, 0.2) is 5.11 Å². The van der Waals surface area contributed by atoms with Gasteiger partial charge < -0.3 is 15.3 Å². The van der Waals surface area contributed by atoms with Gasteiger partial charge in [0.25, 0.3) is 0 Å². The zero-order valence-electron chi connectivity index (χ0n) is 12.2. The summed E-state index contributed by atoms with van der Waals surface area (Å²) in [5.74, 6) is 0. The summed E-state index contributed by atoms with van der Waals surface area (Å²) in [5, 5.41) is 14.3. The summed E-state index contributed by atoms with van der Waals surface area (Å²) in [4.78, 5) is 4.59. The first-order valence-corrected chi connectivity index (χ1v) is 7.85. The molecule has 0 radical (unpaired) electrons. The molecular weight excluding hydrogens is 258 g/mol. The van der Waals surface area contributed by atoms with Crippen LogP contribution in [0.15, 0.2) is 0 Å². The first-order chi connectivity index (χ1) is 8.94. The molecule has 19 heavy (non-hydrogen) atoms. The van der Waals surface area contributed by atoms with Crippen molar-refractivity contribution in [3.63, 3.8) is 0 Å². The maximum atomic E-state index is 9.84. The van der Waals surface area contributed by atoms with E-state index in [1.807, 2.05) is 13.8 Å². The molecule has 0 bridgehead atoms. The van der Waals surface area contributed by atoms with Gasteiger partial charge in [-0.3, -0.25) is 4.90 Å². The van der Waals surface area contributed by atoms with E-state index in [0.29, 0.717) is 6.04 Å². The van der Waals surface area contributed by atoms with Crippen LogP contribution in [-0.4, -0.2) is 64.4 Å². The lowest BCUT2D eigenvalue weighted by Crippen LogP contribution is -2.55. The van der Waals surface area contributed by atoms with Crippen LogP contribution in [0, 0.1) is 0 Å². The largest absolute Gasteiger partial charge is 0.389 e. The number of aliphatic hydroxyl groups is 1. The minimum absolute atomic E-state index is 0.599. The Morgan fingerprint density at radius 3 is 2.32 bits per heavy atom. The molecule has 2 fully saturated rings. The molecule has 1 aliphatic heterocycles. The molecular formula is C14H27N3OS. The zero-order valence-corrected chi connectivity index (χ0v) is 13.0. The van der Waals surface area contributed by atoms with Crippen molar-refractivity contribution in [1.29, 1.82) is 0 Å². The van der Waals surface area contributed by atoms with Crippen LogP contribution in [0.4, 0.5) is 0 Å². The molecule has 0 amide bonds. The number of nitrogens with zero attached hydrogens (tertiary/aromatic N) is 2. The number of rotatable bonds is 3. The van der Waals surface area contributed by atoms with E-state index in [1.165, 1.54) is 25.7 Å². The first kappa shape index (κ1) is 15.0. The molecule has 1 saturated heterocycles. The summed E-state index contributed by atoms with van der Waals surface area (Å²) in [6, 6.07) is 0.599. The summed E-state index contributed by atoms with van der Waals surface area (Å²) in [5.41, 5.74) is -0.606. The van der Waals surface area contributed by atoms with Gasteiger partial charge in [0, 0.05) is 38.8 Å². The van der Waals surface area contributed by atoms with Gasteiger partial charge in [0.1, 0.15) is 0 Å².